The average molecular weight is 784 g/mol. The van der Waals surface area contributed by atoms with E-state index < -0.39 is 18.2 Å². The second kappa shape index (κ2) is 17.1. The second-order valence-electron chi connectivity index (χ2n) is 15.4. The van der Waals surface area contributed by atoms with Gasteiger partial charge in [0.15, 0.2) is 0 Å². The quantitative estimate of drug-likeness (QED) is 0.153. The first kappa shape index (κ1) is 38.6. The Kier molecular flexibility index (Phi) is 11.4. The van der Waals surface area contributed by atoms with Crippen molar-refractivity contribution < 1.29 is 28.7 Å². The van der Waals surface area contributed by atoms with E-state index in [0.717, 1.165) is 84.2 Å². The van der Waals surface area contributed by atoms with Gasteiger partial charge in [-0.25, -0.2) is 14.6 Å². The van der Waals surface area contributed by atoms with Gasteiger partial charge in [0.1, 0.15) is 11.9 Å². The summed E-state index contributed by atoms with van der Waals surface area (Å²) in [6.45, 7) is 1.27. The number of amides is 4. The second-order valence-corrected chi connectivity index (χ2v) is 15.4. The minimum absolute atomic E-state index is 0.0220. The number of aliphatic imine (C=N–C) groups is 1. The molecule has 1 saturated carbocycles. The van der Waals surface area contributed by atoms with Crippen LogP contribution < -0.4 is 10.6 Å². The Balaban J connectivity index is 0.887. The van der Waals surface area contributed by atoms with Crippen LogP contribution in [0.5, 0.6) is 0 Å². The number of allylic oxidation sites excluding steroid dienone is 1. The van der Waals surface area contributed by atoms with E-state index >= 15 is 0 Å². The minimum atomic E-state index is -0.874. The van der Waals surface area contributed by atoms with Crippen LogP contribution in [0.15, 0.2) is 96.3 Å². The molecule has 1 aromatic heterocycles. The van der Waals surface area contributed by atoms with Crippen molar-refractivity contribution in [3.8, 4) is 22.4 Å². The van der Waals surface area contributed by atoms with Gasteiger partial charge in [-0.2, -0.15) is 0 Å². The number of hydrogen-bond acceptors (Lipinski definition) is 8. The fourth-order valence-electron chi connectivity index (χ4n) is 9.02. The first-order chi connectivity index (χ1) is 28.3. The number of likely N-dealkylation sites (tertiary alicyclic amines) is 2. The summed E-state index contributed by atoms with van der Waals surface area (Å²) in [7, 11) is 2.63. The third-order valence-corrected chi connectivity index (χ3v) is 12.1. The molecule has 1 aliphatic carbocycles. The number of imidazole rings is 1. The van der Waals surface area contributed by atoms with Crippen molar-refractivity contribution in [2.75, 3.05) is 27.3 Å². The molecular weight excluding hydrogens is 735 g/mol. The number of nitrogens with zero attached hydrogens (tertiary/aromatic N) is 4. The van der Waals surface area contributed by atoms with Crippen molar-refractivity contribution in [3.05, 3.63) is 108 Å². The molecule has 0 spiro atoms. The molecule has 3 fully saturated rings. The van der Waals surface area contributed by atoms with E-state index in [0.29, 0.717) is 30.9 Å². The number of aromatic amines is 1. The van der Waals surface area contributed by atoms with Gasteiger partial charge in [-0.3, -0.25) is 14.6 Å². The van der Waals surface area contributed by atoms with Gasteiger partial charge < -0.3 is 34.9 Å². The monoisotopic (exact) mass is 783 g/mol. The van der Waals surface area contributed by atoms with Crippen LogP contribution in [0.2, 0.25) is 0 Å². The van der Waals surface area contributed by atoms with Crippen LogP contribution in [0.4, 0.5) is 9.59 Å². The van der Waals surface area contributed by atoms with Crippen LogP contribution in [0.3, 0.4) is 0 Å². The maximum Gasteiger partial charge on any atom is 0.407 e. The minimum Gasteiger partial charge on any atom is -0.453 e. The van der Waals surface area contributed by atoms with E-state index in [4.69, 9.17) is 19.5 Å². The van der Waals surface area contributed by atoms with Gasteiger partial charge in [0.05, 0.1) is 44.1 Å². The summed E-state index contributed by atoms with van der Waals surface area (Å²) in [6, 6.07) is 24.7. The summed E-state index contributed by atoms with van der Waals surface area (Å²) in [5.41, 5.74) is 7.96. The van der Waals surface area contributed by atoms with E-state index in [-0.39, 0.29) is 35.9 Å². The number of methoxy groups -OCH3 is 2. The molecule has 3 N–H and O–H groups in total. The Labute approximate surface area is 337 Å². The van der Waals surface area contributed by atoms with Crippen molar-refractivity contribution in [1.29, 1.82) is 0 Å². The fraction of sp³-hybridized carbons (Fsp3) is 0.378. The van der Waals surface area contributed by atoms with E-state index in [1.54, 1.807) is 4.90 Å². The zero-order chi connectivity index (χ0) is 40.2. The van der Waals surface area contributed by atoms with Gasteiger partial charge in [-0.05, 0) is 71.9 Å². The van der Waals surface area contributed by atoms with Crippen LogP contribution in [-0.4, -0.2) is 88.9 Å². The molecule has 13 nitrogen and oxygen atoms in total. The zero-order valence-electron chi connectivity index (χ0n) is 32.9. The maximum absolute atomic E-state index is 13.9. The average Bonchev–Trinajstić information content (AvgIpc) is 4.12. The number of carbonyl (C=O) groups excluding carboxylic acids is 4. The number of carbonyl (C=O) groups is 4. The normalized spacial score (nSPS) is 22.0. The van der Waals surface area contributed by atoms with Crippen LogP contribution in [0, 0.1) is 5.92 Å². The Morgan fingerprint density at radius 2 is 1.40 bits per heavy atom. The molecule has 4 aromatic rings. The van der Waals surface area contributed by atoms with Gasteiger partial charge in [0, 0.05) is 37.5 Å². The number of nitrogens with one attached hydrogen (secondary N) is 3. The van der Waals surface area contributed by atoms with Crippen molar-refractivity contribution in [3.63, 3.8) is 0 Å². The fourth-order valence-corrected chi connectivity index (χ4v) is 9.02. The molecule has 0 radical (unpaired) electrons. The smallest absolute Gasteiger partial charge is 0.407 e. The molecule has 3 aromatic carbocycles. The van der Waals surface area contributed by atoms with E-state index in [1.807, 2.05) is 47.6 Å². The molecule has 4 amide bonds. The summed E-state index contributed by atoms with van der Waals surface area (Å²) in [5, 5.41) is 5.59. The molecule has 58 heavy (non-hydrogen) atoms. The highest BCUT2D eigenvalue weighted by Crippen LogP contribution is 2.36. The molecule has 13 heteroatoms. The van der Waals surface area contributed by atoms with Crippen LogP contribution in [0.1, 0.15) is 80.4 Å². The molecule has 5 atom stereocenters. The standard InChI is InChI=1S/C45H49N7O6/c1-57-44(55)49-35-12-6-11-34(35)42(53)51-23-7-13-38(51)36-25-33(26-46-36)30-17-15-28(16-18-30)29-19-21-31(22-20-29)37-27-47-41(48-37)39-14-8-24-52(39)43(54)40(50-45(56)58-2)32-9-4-3-5-10-32/h3-5,9-10,15-22,26-27,34-35,38-40H,6-8,11-14,23-25H2,1-2H3,(H,47,48)(H,49,55)(H,50,56)/t34-,35-,38+,39+,40-/m1/s1. The Morgan fingerprint density at radius 3 is 2.10 bits per heavy atom. The van der Waals surface area contributed by atoms with Crippen LogP contribution in [0.25, 0.3) is 28.0 Å². The van der Waals surface area contributed by atoms with Gasteiger partial charge in [-0.15, -0.1) is 0 Å². The third kappa shape index (κ3) is 7.98. The van der Waals surface area contributed by atoms with Gasteiger partial charge in [0.25, 0.3) is 5.91 Å². The summed E-state index contributed by atoms with van der Waals surface area (Å²) >= 11 is 0. The summed E-state index contributed by atoms with van der Waals surface area (Å²) in [5.74, 6) is 0.380. The lowest BCUT2D eigenvalue weighted by molar-refractivity contribution is -0.136. The number of ether oxygens (including phenoxy) is 2. The van der Waals surface area contributed by atoms with E-state index in [9.17, 15) is 19.2 Å². The summed E-state index contributed by atoms with van der Waals surface area (Å²) in [6.07, 6.45) is 9.17. The largest absolute Gasteiger partial charge is 0.453 e. The number of aromatic nitrogens is 2. The van der Waals surface area contributed by atoms with Crippen molar-refractivity contribution in [2.24, 2.45) is 10.9 Å². The molecule has 2 saturated heterocycles. The third-order valence-electron chi connectivity index (χ3n) is 12.1. The number of alkyl carbamates (subject to hydrolysis) is 2. The zero-order valence-corrected chi connectivity index (χ0v) is 32.9. The Bertz CT molecular complexity index is 2200. The SMILES string of the molecule is COC(=O)N[C@@H](C(=O)N1CCC[C@H]1c1ncc(-c2ccc(-c3ccc(C4=CN=C([C@@H]5CCCN5C(=O)[C@@H]5CCC[C@H]5NC(=O)OC)C4)cc3)cc2)[nH]1)c1ccccc1. The topological polar surface area (TPSA) is 158 Å². The first-order valence-electron chi connectivity index (χ1n) is 20.2. The van der Waals surface area contributed by atoms with Gasteiger partial charge >= 0.3 is 12.2 Å². The lowest BCUT2D eigenvalue weighted by Gasteiger charge is -2.30. The molecule has 4 aliphatic rings. The predicted molar refractivity (Wildman–Crippen MR) is 219 cm³/mol. The lowest BCUT2D eigenvalue weighted by Crippen LogP contribution is -2.48. The van der Waals surface area contributed by atoms with Crippen molar-refractivity contribution in [2.45, 2.75) is 75.5 Å². The van der Waals surface area contributed by atoms with Crippen molar-refractivity contribution >= 4 is 35.3 Å². The number of hydrogen-bond donors (Lipinski definition) is 3. The van der Waals surface area contributed by atoms with Gasteiger partial charge in [-0.1, -0.05) is 85.3 Å². The van der Waals surface area contributed by atoms with Crippen LogP contribution >= 0.6 is 0 Å². The molecule has 4 heterocycles. The highest BCUT2D eigenvalue weighted by atomic mass is 16.5. The number of H-pyrrole nitrogens is 1. The molecule has 3 aliphatic heterocycles. The van der Waals surface area contributed by atoms with Crippen LogP contribution in [-0.2, 0) is 19.1 Å². The number of rotatable bonds is 10. The van der Waals surface area contributed by atoms with E-state index in [2.05, 4.69) is 64.1 Å². The molecule has 0 bridgehead atoms. The molecule has 0 unspecified atom stereocenters. The molecule has 300 valence electrons. The lowest BCUT2D eigenvalue weighted by atomic mass is 9.95. The van der Waals surface area contributed by atoms with E-state index in [1.165, 1.54) is 14.2 Å². The molecular formula is C45H49N7O6. The highest BCUT2D eigenvalue weighted by molar-refractivity contribution is 6.03. The summed E-state index contributed by atoms with van der Waals surface area (Å²) < 4.78 is 9.63. The Hall–Kier alpha value is -6.24. The predicted octanol–water partition coefficient (Wildman–Crippen LogP) is 7.21. The number of benzene rings is 3. The molecule has 8 rings (SSSR count). The summed E-state index contributed by atoms with van der Waals surface area (Å²) in [4.78, 5) is 68.5. The highest BCUT2D eigenvalue weighted by Gasteiger charge is 2.42. The van der Waals surface area contributed by atoms with Crippen molar-refractivity contribution in [1.82, 2.24) is 30.4 Å². The maximum atomic E-state index is 13.9. The first-order valence-corrected chi connectivity index (χ1v) is 20.2. The van der Waals surface area contributed by atoms with Gasteiger partial charge in [0.2, 0.25) is 5.91 Å². The Morgan fingerprint density at radius 1 is 0.741 bits per heavy atom.